The number of carbonyl (C=O) groups is 1. The second-order valence-corrected chi connectivity index (χ2v) is 18.1. The molecule has 0 bridgehead atoms. The molecule has 0 aliphatic heterocycles. The van der Waals surface area contributed by atoms with Crippen molar-refractivity contribution in [2.75, 3.05) is 24.7 Å². The van der Waals surface area contributed by atoms with Crippen LogP contribution in [0.2, 0.25) is 0 Å². The van der Waals surface area contributed by atoms with Gasteiger partial charge in [-0.3, -0.25) is 9.89 Å². The molecule has 8 atom stereocenters. The van der Waals surface area contributed by atoms with Gasteiger partial charge in [-0.05, 0) is 120 Å². The lowest BCUT2D eigenvalue weighted by molar-refractivity contribution is -0.161. The monoisotopic (exact) mass is 612 g/mol. The summed E-state index contributed by atoms with van der Waals surface area (Å²) in [6, 6.07) is 9.25. The number of fused-ring (bicyclic) bond motifs is 8. The number of allylic oxidation sites excluding steroid dienone is 2. The molecule has 7 rings (SSSR count). The molecule has 0 amide bonds. The lowest BCUT2D eigenvalue weighted by Gasteiger charge is -2.70. The molecule has 3 unspecified atom stereocenters. The first kappa shape index (κ1) is 30.9. The molecule has 6 heteroatoms. The minimum Gasteiger partial charge on any atom is -0.481 e. The summed E-state index contributed by atoms with van der Waals surface area (Å²) in [5, 5.41) is 18.4. The Morgan fingerprint density at radius 1 is 0.978 bits per heavy atom. The van der Waals surface area contributed by atoms with Gasteiger partial charge in [0.05, 0.1) is 5.92 Å². The molecule has 1 aromatic carbocycles. The number of nitrogens with one attached hydrogen (secondary N) is 1. The molecular formula is C39H56N4O2. The lowest BCUT2D eigenvalue weighted by atomic mass is 9.33. The molecule has 5 aliphatic carbocycles. The molecule has 1 aromatic heterocycles. The Bertz CT molecular complexity index is 1570. The van der Waals surface area contributed by atoms with Crippen LogP contribution in [0, 0.1) is 51.2 Å². The summed E-state index contributed by atoms with van der Waals surface area (Å²) in [6.45, 7) is 17.3. The maximum Gasteiger partial charge on any atom is 0.306 e. The number of carboxylic acids is 1. The highest BCUT2D eigenvalue weighted by atomic mass is 16.4. The van der Waals surface area contributed by atoms with Crippen molar-refractivity contribution in [1.29, 1.82) is 0 Å². The minimum absolute atomic E-state index is 0.000634. The number of nitrogens with two attached hydrogens (primary N) is 1. The van der Waals surface area contributed by atoms with E-state index in [1.165, 1.54) is 40.9 Å². The summed E-state index contributed by atoms with van der Waals surface area (Å²) >= 11 is 0. The molecule has 0 spiro atoms. The highest BCUT2D eigenvalue weighted by Gasteiger charge is 2.68. The predicted octanol–water partition coefficient (Wildman–Crippen LogP) is 8.34. The number of aromatic amines is 1. The van der Waals surface area contributed by atoms with Crippen LogP contribution in [-0.4, -0.2) is 35.4 Å². The Morgan fingerprint density at radius 3 is 2.31 bits per heavy atom. The first-order valence-electron chi connectivity index (χ1n) is 17.5. The second-order valence-electron chi connectivity index (χ2n) is 18.1. The van der Waals surface area contributed by atoms with Gasteiger partial charge in [0, 0.05) is 36.5 Å². The fourth-order valence-electron chi connectivity index (χ4n) is 12.7. The first-order valence-corrected chi connectivity index (χ1v) is 17.5. The van der Waals surface area contributed by atoms with Crippen molar-refractivity contribution in [3.63, 3.8) is 0 Å². The second kappa shape index (κ2) is 9.64. The average Bonchev–Trinajstić information content (AvgIpc) is 3.32. The molecule has 3 saturated carbocycles. The molecule has 45 heavy (non-hydrogen) atoms. The van der Waals surface area contributed by atoms with E-state index in [1.54, 1.807) is 5.57 Å². The van der Waals surface area contributed by atoms with Crippen LogP contribution in [0.15, 0.2) is 29.8 Å². The number of carboxylic acid groups (broad SMARTS) is 1. The summed E-state index contributed by atoms with van der Waals surface area (Å²) in [7, 11) is 4.21. The van der Waals surface area contributed by atoms with Gasteiger partial charge in [0.25, 0.3) is 0 Å². The fourth-order valence-corrected chi connectivity index (χ4v) is 12.7. The van der Waals surface area contributed by atoms with Crippen LogP contribution in [0.5, 0.6) is 0 Å². The summed E-state index contributed by atoms with van der Waals surface area (Å²) < 4.78 is 0. The van der Waals surface area contributed by atoms with Crippen molar-refractivity contribution in [2.24, 2.45) is 51.2 Å². The molecular weight excluding hydrogens is 556 g/mol. The van der Waals surface area contributed by atoms with Crippen LogP contribution in [0.3, 0.4) is 0 Å². The number of aliphatic carboxylic acids is 1. The minimum atomic E-state index is -0.593. The number of nitrogens with zero attached hydrogens (tertiary/aromatic N) is 2. The maximum absolute atomic E-state index is 12.8. The van der Waals surface area contributed by atoms with E-state index in [2.05, 4.69) is 102 Å². The quantitative estimate of drug-likeness (QED) is 0.324. The molecule has 0 radical (unpaired) electrons. The zero-order chi connectivity index (χ0) is 32.5. The van der Waals surface area contributed by atoms with Gasteiger partial charge in [-0.2, -0.15) is 5.10 Å². The van der Waals surface area contributed by atoms with E-state index in [-0.39, 0.29) is 38.9 Å². The smallest absolute Gasteiger partial charge is 0.306 e. The highest BCUT2D eigenvalue weighted by Crippen LogP contribution is 2.76. The van der Waals surface area contributed by atoms with Crippen LogP contribution in [0.25, 0.3) is 5.57 Å². The standard InChI is InChI=1S/C39H56N4O2/c1-35(2)19-26-24(27(20-35)34(44)45)14-16-39(7)31(26)25(22-10-12-23(13-11-22)43(8)9)18-30-37(5)21-28-32(41-42-33(28)40)36(3,4)29(37)15-17-38(30,39)6/h10-13,24,26-27,29-30H,14-21H2,1-9H3,(H,44,45)(H3,40,41,42)/t24-,26?,27+,29?,30?,37-,38+,39+/m0/s1. The van der Waals surface area contributed by atoms with Gasteiger partial charge in [-0.25, -0.2) is 0 Å². The number of nitrogen functional groups attached to an aromatic ring is 1. The molecule has 4 N–H and O–H groups in total. The average molecular weight is 613 g/mol. The van der Waals surface area contributed by atoms with E-state index in [9.17, 15) is 9.90 Å². The van der Waals surface area contributed by atoms with Crippen LogP contribution < -0.4 is 10.6 Å². The molecule has 1 heterocycles. The van der Waals surface area contributed by atoms with Gasteiger partial charge in [-0.15, -0.1) is 0 Å². The summed E-state index contributed by atoms with van der Waals surface area (Å²) in [6.07, 6.45) is 8.36. The Balaban J connectivity index is 1.45. The van der Waals surface area contributed by atoms with Crippen LogP contribution in [0.1, 0.15) is 110 Å². The maximum atomic E-state index is 12.8. The van der Waals surface area contributed by atoms with Crippen LogP contribution in [0.4, 0.5) is 11.5 Å². The summed E-state index contributed by atoms with van der Waals surface area (Å²) in [5.74, 6) is 1.33. The zero-order valence-corrected chi connectivity index (χ0v) is 29.2. The van der Waals surface area contributed by atoms with Gasteiger partial charge in [0.2, 0.25) is 0 Å². The predicted molar refractivity (Wildman–Crippen MR) is 183 cm³/mol. The number of H-pyrrole nitrogens is 1. The van der Waals surface area contributed by atoms with Gasteiger partial charge in [0.15, 0.2) is 0 Å². The summed E-state index contributed by atoms with van der Waals surface area (Å²) in [4.78, 5) is 15.0. The normalized spacial score (nSPS) is 39.5. The largest absolute Gasteiger partial charge is 0.481 e. The fraction of sp³-hybridized carbons (Fsp3) is 0.692. The van der Waals surface area contributed by atoms with E-state index >= 15 is 0 Å². The van der Waals surface area contributed by atoms with Crippen LogP contribution >= 0.6 is 0 Å². The van der Waals surface area contributed by atoms with Gasteiger partial charge >= 0.3 is 5.97 Å². The number of anilines is 2. The molecule has 3 fully saturated rings. The molecule has 6 nitrogen and oxygen atoms in total. The van der Waals surface area contributed by atoms with Crippen molar-refractivity contribution in [2.45, 2.75) is 105 Å². The van der Waals surface area contributed by atoms with Gasteiger partial charge in [-0.1, -0.05) is 66.2 Å². The molecule has 5 aliphatic rings. The lowest BCUT2D eigenvalue weighted by Crippen LogP contribution is -2.64. The summed E-state index contributed by atoms with van der Waals surface area (Å²) in [5.41, 5.74) is 14.9. The first-order chi connectivity index (χ1) is 20.9. The van der Waals surface area contributed by atoms with E-state index in [1.807, 2.05) is 0 Å². The van der Waals surface area contributed by atoms with Crippen molar-refractivity contribution in [3.8, 4) is 0 Å². The molecule has 0 saturated heterocycles. The Labute approximate surface area is 270 Å². The number of rotatable bonds is 3. The highest BCUT2D eigenvalue weighted by molar-refractivity contribution is 5.75. The third kappa shape index (κ3) is 4.11. The number of hydrogen-bond acceptors (Lipinski definition) is 4. The molecule has 244 valence electrons. The zero-order valence-electron chi connectivity index (χ0n) is 29.2. The third-order valence-electron chi connectivity index (χ3n) is 14.9. The van der Waals surface area contributed by atoms with Gasteiger partial charge < -0.3 is 15.7 Å². The Kier molecular flexibility index (Phi) is 6.61. The number of aromatic nitrogens is 2. The van der Waals surface area contributed by atoms with E-state index in [4.69, 9.17) is 5.73 Å². The van der Waals surface area contributed by atoms with Crippen molar-refractivity contribution >= 4 is 23.0 Å². The number of hydrogen-bond donors (Lipinski definition) is 3. The van der Waals surface area contributed by atoms with E-state index < -0.39 is 5.97 Å². The van der Waals surface area contributed by atoms with Crippen molar-refractivity contribution < 1.29 is 9.90 Å². The SMILES string of the molecule is CN(C)c1ccc(C2=C3C4CC(C)(C)C[C@@H](C(=O)O)[C@H]4CC[C@@]3(C)[C@]3(C)CCC4C(C)(C)c5[nH]nc(N)c5C[C@]4(C)C3C2)cc1. The van der Waals surface area contributed by atoms with E-state index in [0.717, 1.165) is 38.5 Å². The Hall–Kier alpha value is -2.76. The van der Waals surface area contributed by atoms with Crippen molar-refractivity contribution in [1.82, 2.24) is 10.2 Å². The van der Waals surface area contributed by atoms with Crippen LogP contribution in [-0.2, 0) is 16.6 Å². The third-order valence-corrected chi connectivity index (χ3v) is 14.9. The van der Waals surface area contributed by atoms with Gasteiger partial charge in [0.1, 0.15) is 5.82 Å². The Morgan fingerprint density at radius 2 is 1.67 bits per heavy atom. The molecule has 2 aromatic rings. The van der Waals surface area contributed by atoms with E-state index in [0.29, 0.717) is 23.6 Å². The topological polar surface area (TPSA) is 95.2 Å². The number of benzene rings is 1. The van der Waals surface area contributed by atoms with Crippen molar-refractivity contribution in [3.05, 3.63) is 46.7 Å².